The molecular formula is C31H62NNaO2. The van der Waals surface area contributed by atoms with Crippen LogP contribution in [-0.2, 0) is 4.79 Å². The molecule has 4 heteroatoms. The van der Waals surface area contributed by atoms with E-state index >= 15 is 0 Å². The predicted molar refractivity (Wildman–Crippen MR) is 148 cm³/mol. The zero-order valence-corrected chi connectivity index (χ0v) is 26.6. The van der Waals surface area contributed by atoms with Gasteiger partial charge in [0.15, 0.2) is 0 Å². The molecule has 0 aliphatic heterocycles. The van der Waals surface area contributed by atoms with Gasteiger partial charge in [0.1, 0.15) is 0 Å². The third kappa shape index (κ3) is 32.4. The van der Waals surface area contributed by atoms with Crippen LogP contribution in [0.5, 0.6) is 0 Å². The molecule has 0 aromatic rings. The van der Waals surface area contributed by atoms with Gasteiger partial charge in [0.05, 0.1) is 0 Å². The molecule has 0 aromatic carbocycles. The van der Waals surface area contributed by atoms with E-state index in [-0.39, 0.29) is 36.0 Å². The van der Waals surface area contributed by atoms with E-state index in [1.807, 2.05) is 0 Å². The molecule has 0 aromatic heterocycles. The number of rotatable bonds is 29. The zero-order chi connectivity index (χ0) is 25.0. The Balaban J connectivity index is 0. The molecule has 0 spiro atoms. The van der Waals surface area contributed by atoms with Crippen LogP contribution < -0.4 is 34.7 Å². The normalized spacial score (nSPS) is 11.2. The van der Waals surface area contributed by atoms with Gasteiger partial charge in [0, 0.05) is 5.97 Å². The number of carboxylic acid groups (broad SMARTS) is 1. The minimum atomic E-state index is -0.901. The SMILES string of the molecule is CCCCCCCCCCCCCN(CCCCCCCCCCCCC)CCCCC(=O)[O-].[Na+]. The average Bonchev–Trinajstić information content (AvgIpc) is 2.82. The van der Waals surface area contributed by atoms with Crippen molar-refractivity contribution in [3.63, 3.8) is 0 Å². The molecule has 0 saturated heterocycles. The minimum Gasteiger partial charge on any atom is -0.550 e. The molecule has 0 heterocycles. The second kappa shape index (κ2) is 32.5. The Labute approximate surface area is 243 Å². The average molecular weight is 504 g/mol. The Kier molecular flexibility index (Phi) is 34.9. The third-order valence-corrected chi connectivity index (χ3v) is 7.26. The first-order valence-electron chi connectivity index (χ1n) is 15.6. The van der Waals surface area contributed by atoms with E-state index < -0.39 is 5.97 Å². The molecule has 3 nitrogen and oxygen atoms in total. The monoisotopic (exact) mass is 503 g/mol. The number of carbonyl (C=O) groups is 1. The smallest absolute Gasteiger partial charge is 0.550 e. The molecule has 0 fully saturated rings. The summed E-state index contributed by atoms with van der Waals surface area (Å²) in [7, 11) is 0. The Morgan fingerprint density at radius 3 is 1.00 bits per heavy atom. The van der Waals surface area contributed by atoms with Crippen LogP contribution in [0.15, 0.2) is 0 Å². The Hall–Kier alpha value is 0.430. The molecule has 35 heavy (non-hydrogen) atoms. The number of carbonyl (C=O) groups excluding carboxylic acids is 1. The molecule has 204 valence electrons. The molecule has 0 bridgehead atoms. The van der Waals surface area contributed by atoms with Crippen LogP contribution in [-0.4, -0.2) is 30.5 Å². The molecule has 0 saturated carbocycles. The van der Waals surface area contributed by atoms with Gasteiger partial charge in [-0.05, 0) is 51.7 Å². The maximum Gasteiger partial charge on any atom is 1.00 e. The van der Waals surface area contributed by atoms with Gasteiger partial charge in [0.2, 0.25) is 0 Å². The van der Waals surface area contributed by atoms with Gasteiger partial charge < -0.3 is 14.8 Å². The molecule has 0 radical (unpaired) electrons. The van der Waals surface area contributed by atoms with Crippen molar-refractivity contribution >= 4 is 5.97 Å². The van der Waals surface area contributed by atoms with Crippen LogP contribution in [0, 0.1) is 0 Å². The van der Waals surface area contributed by atoms with Crippen molar-refractivity contribution < 1.29 is 39.5 Å². The van der Waals surface area contributed by atoms with Crippen LogP contribution in [0.1, 0.15) is 174 Å². The van der Waals surface area contributed by atoms with Crippen LogP contribution in [0.3, 0.4) is 0 Å². The summed E-state index contributed by atoms with van der Waals surface area (Å²) in [6.45, 7) is 8.02. The van der Waals surface area contributed by atoms with Gasteiger partial charge in [-0.1, -0.05) is 142 Å². The number of carboxylic acids is 1. The van der Waals surface area contributed by atoms with Crippen molar-refractivity contribution in [3.05, 3.63) is 0 Å². The topological polar surface area (TPSA) is 43.4 Å². The molecule has 0 N–H and O–H groups in total. The van der Waals surface area contributed by atoms with Gasteiger partial charge >= 0.3 is 29.6 Å². The van der Waals surface area contributed by atoms with Gasteiger partial charge in [-0.3, -0.25) is 0 Å². The van der Waals surface area contributed by atoms with Crippen molar-refractivity contribution in [2.45, 2.75) is 174 Å². The summed E-state index contributed by atoms with van der Waals surface area (Å²) in [5, 5.41) is 10.7. The minimum absolute atomic E-state index is 0. The Morgan fingerprint density at radius 1 is 0.457 bits per heavy atom. The second-order valence-electron chi connectivity index (χ2n) is 10.7. The van der Waals surface area contributed by atoms with E-state index in [4.69, 9.17) is 0 Å². The first-order chi connectivity index (χ1) is 16.7. The standard InChI is InChI=1S/C31H63NO2.Na/c1-3-5-7-9-11-13-15-17-19-21-24-28-32(30-26-23-27-31(33)34)29-25-22-20-18-16-14-12-10-8-6-4-2;/h3-30H2,1-2H3,(H,33,34);/q;+1/p-1. The summed E-state index contributed by atoms with van der Waals surface area (Å²) in [5.41, 5.74) is 0. The maximum absolute atomic E-state index is 10.7. The van der Waals surface area contributed by atoms with Crippen LogP contribution in [0.2, 0.25) is 0 Å². The molecule has 0 aliphatic carbocycles. The summed E-state index contributed by atoms with van der Waals surface area (Å²) in [5.74, 6) is -0.901. The van der Waals surface area contributed by atoms with E-state index in [0.29, 0.717) is 0 Å². The van der Waals surface area contributed by atoms with Gasteiger partial charge in [-0.25, -0.2) is 0 Å². The van der Waals surface area contributed by atoms with Crippen LogP contribution >= 0.6 is 0 Å². The van der Waals surface area contributed by atoms with Crippen molar-refractivity contribution in [1.29, 1.82) is 0 Å². The molecule has 0 unspecified atom stereocenters. The fourth-order valence-electron chi connectivity index (χ4n) is 4.94. The van der Waals surface area contributed by atoms with E-state index in [1.54, 1.807) is 0 Å². The third-order valence-electron chi connectivity index (χ3n) is 7.26. The first-order valence-corrected chi connectivity index (χ1v) is 15.6. The zero-order valence-electron chi connectivity index (χ0n) is 24.6. The van der Waals surface area contributed by atoms with Gasteiger partial charge in [-0.15, -0.1) is 0 Å². The number of hydrogen-bond acceptors (Lipinski definition) is 3. The number of unbranched alkanes of at least 4 members (excludes halogenated alkanes) is 21. The fraction of sp³-hybridized carbons (Fsp3) is 0.968. The number of hydrogen-bond donors (Lipinski definition) is 0. The molecule has 0 rings (SSSR count). The van der Waals surface area contributed by atoms with Crippen molar-refractivity contribution in [3.8, 4) is 0 Å². The van der Waals surface area contributed by atoms with E-state index in [0.717, 1.165) is 19.4 Å². The van der Waals surface area contributed by atoms with Crippen molar-refractivity contribution in [1.82, 2.24) is 4.90 Å². The number of aliphatic carboxylic acids is 1. The summed E-state index contributed by atoms with van der Waals surface area (Å²) < 4.78 is 0. The van der Waals surface area contributed by atoms with E-state index in [2.05, 4.69) is 18.7 Å². The maximum atomic E-state index is 10.7. The molecule has 0 atom stereocenters. The van der Waals surface area contributed by atoms with Crippen LogP contribution in [0.4, 0.5) is 0 Å². The van der Waals surface area contributed by atoms with Gasteiger partial charge in [-0.2, -0.15) is 0 Å². The van der Waals surface area contributed by atoms with E-state index in [9.17, 15) is 9.90 Å². The second-order valence-corrected chi connectivity index (χ2v) is 10.7. The molecule has 0 amide bonds. The summed E-state index contributed by atoms with van der Waals surface area (Å²) in [6.07, 6.45) is 32.6. The predicted octanol–water partition coefficient (Wildman–Crippen LogP) is 5.83. The first kappa shape index (κ1) is 37.6. The summed E-state index contributed by atoms with van der Waals surface area (Å²) in [4.78, 5) is 13.3. The largest absolute Gasteiger partial charge is 1.00 e. The van der Waals surface area contributed by atoms with Gasteiger partial charge in [0.25, 0.3) is 0 Å². The fourth-order valence-corrected chi connectivity index (χ4v) is 4.94. The Bertz CT molecular complexity index is 379. The van der Waals surface area contributed by atoms with Crippen molar-refractivity contribution in [2.75, 3.05) is 19.6 Å². The van der Waals surface area contributed by atoms with Crippen molar-refractivity contribution in [2.24, 2.45) is 0 Å². The summed E-state index contributed by atoms with van der Waals surface area (Å²) >= 11 is 0. The molecule has 0 aliphatic rings. The quantitative estimate of drug-likeness (QED) is 0.0952. The van der Waals surface area contributed by atoms with Crippen LogP contribution in [0.25, 0.3) is 0 Å². The molecular weight excluding hydrogens is 441 g/mol. The number of nitrogens with zero attached hydrogens (tertiary/aromatic N) is 1. The van der Waals surface area contributed by atoms with E-state index in [1.165, 1.54) is 154 Å². The Morgan fingerprint density at radius 2 is 0.714 bits per heavy atom. The summed E-state index contributed by atoms with van der Waals surface area (Å²) in [6, 6.07) is 0.